The van der Waals surface area contributed by atoms with Gasteiger partial charge in [-0.05, 0) is 18.1 Å². The Labute approximate surface area is 98.0 Å². The molecular formula is C10H10Cl2N2O. The number of hydrogen-bond donors (Lipinski definition) is 0. The fourth-order valence-corrected chi connectivity index (χ4v) is 2.12. The summed E-state index contributed by atoms with van der Waals surface area (Å²) in [6, 6.07) is 3.56. The number of alkyl halides is 1. The summed E-state index contributed by atoms with van der Waals surface area (Å²) in [7, 11) is 0. The van der Waals surface area contributed by atoms with Gasteiger partial charge in [-0.25, -0.2) is 4.98 Å². The van der Waals surface area contributed by atoms with E-state index in [0.717, 1.165) is 0 Å². The number of carbonyl (C=O) groups is 1. The Morgan fingerprint density at radius 1 is 1.60 bits per heavy atom. The molecule has 5 heteroatoms. The molecule has 0 radical (unpaired) electrons. The molecule has 3 nitrogen and oxygen atoms in total. The van der Waals surface area contributed by atoms with Crippen LogP contribution >= 0.6 is 23.2 Å². The van der Waals surface area contributed by atoms with E-state index in [1.54, 1.807) is 23.2 Å². The van der Waals surface area contributed by atoms with Crippen molar-refractivity contribution in [1.29, 1.82) is 0 Å². The van der Waals surface area contributed by atoms with Crippen LogP contribution < -0.4 is 4.90 Å². The molecule has 1 saturated heterocycles. The van der Waals surface area contributed by atoms with Crippen LogP contribution in [0.2, 0.25) is 5.15 Å². The molecule has 1 aromatic rings. The Kier molecular flexibility index (Phi) is 3.12. The predicted octanol–water partition coefficient (Wildman–Crippen LogP) is 2.33. The number of rotatable bonds is 2. The van der Waals surface area contributed by atoms with Crippen molar-refractivity contribution in [3.8, 4) is 0 Å². The van der Waals surface area contributed by atoms with E-state index in [0.29, 0.717) is 29.7 Å². The molecule has 1 aliphatic rings. The second-order valence-electron chi connectivity index (χ2n) is 3.54. The molecule has 1 fully saturated rings. The molecule has 1 unspecified atom stereocenters. The SMILES string of the molecule is O=C1CC(CCl)CN1c1cccnc1Cl. The zero-order valence-corrected chi connectivity index (χ0v) is 9.50. The number of hydrogen-bond acceptors (Lipinski definition) is 2. The summed E-state index contributed by atoms with van der Waals surface area (Å²) in [6.07, 6.45) is 2.10. The predicted molar refractivity (Wildman–Crippen MR) is 60.4 cm³/mol. The van der Waals surface area contributed by atoms with Gasteiger partial charge in [0.05, 0.1) is 5.69 Å². The number of halogens is 2. The number of pyridine rings is 1. The summed E-state index contributed by atoms with van der Waals surface area (Å²) < 4.78 is 0. The normalized spacial score (nSPS) is 21.1. The molecule has 15 heavy (non-hydrogen) atoms. The van der Waals surface area contributed by atoms with Crippen molar-refractivity contribution >= 4 is 34.8 Å². The standard InChI is InChI=1S/C10H10Cl2N2O/c11-5-7-4-9(15)14(6-7)8-2-1-3-13-10(8)12/h1-3,7H,4-6H2. The van der Waals surface area contributed by atoms with Crippen molar-refractivity contribution in [2.24, 2.45) is 5.92 Å². The van der Waals surface area contributed by atoms with Gasteiger partial charge in [-0.2, -0.15) is 0 Å². The van der Waals surface area contributed by atoms with Gasteiger partial charge in [0.1, 0.15) is 0 Å². The molecule has 1 aliphatic heterocycles. The first kappa shape index (κ1) is 10.7. The molecular weight excluding hydrogens is 235 g/mol. The van der Waals surface area contributed by atoms with E-state index >= 15 is 0 Å². The van der Waals surface area contributed by atoms with Crippen molar-refractivity contribution < 1.29 is 4.79 Å². The summed E-state index contributed by atoms with van der Waals surface area (Å²) in [5.74, 6) is 0.783. The smallest absolute Gasteiger partial charge is 0.227 e. The molecule has 1 amide bonds. The van der Waals surface area contributed by atoms with Gasteiger partial charge in [0, 0.05) is 25.0 Å². The van der Waals surface area contributed by atoms with Crippen LogP contribution in [0.3, 0.4) is 0 Å². The van der Waals surface area contributed by atoms with Gasteiger partial charge in [0.2, 0.25) is 5.91 Å². The van der Waals surface area contributed by atoms with Crippen molar-refractivity contribution in [3.05, 3.63) is 23.5 Å². The molecule has 0 spiro atoms. The lowest BCUT2D eigenvalue weighted by Gasteiger charge is -2.16. The summed E-state index contributed by atoms with van der Waals surface area (Å²) in [5, 5.41) is 0.362. The third-order valence-electron chi connectivity index (χ3n) is 2.45. The Bertz CT molecular complexity index is 383. The maximum absolute atomic E-state index is 11.7. The zero-order valence-electron chi connectivity index (χ0n) is 7.99. The first-order valence-electron chi connectivity index (χ1n) is 4.69. The molecule has 0 saturated carbocycles. The number of aromatic nitrogens is 1. The Hall–Kier alpha value is -0.800. The minimum atomic E-state index is 0.0653. The highest BCUT2D eigenvalue weighted by Crippen LogP contribution is 2.29. The topological polar surface area (TPSA) is 33.2 Å². The first-order chi connectivity index (χ1) is 7.22. The molecule has 2 rings (SSSR count). The van der Waals surface area contributed by atoms with Crippen molar-refractivity contribution in [1.82, 2.24) is 4.98 Å². The van der Waals surface area contributed by atoms with E-state index in [2.05, 4.69) is 4.98 Å². The minimum absolute atomic E-state index is 0.0653. The molecule has 0 N–H and O–H groups in total. The lowest BCUT2D eigenvalue weighted by atomic mass is 10.1. The Balaban J connectivity index is 2.25. The summed E-state index contributed by atoms with van der Waals surface area (Å²) >= 11 is 11.7. The second-order valence-corrected chi connectivity index (χ2v) is 4.21. The highest BCUT2D eigenvalue weighted by Gasteiger charge is 2.31. The highest BCUT2D eigenvalue weighted by molar-refractivity contribution is 6.32. The van der Waals surface area contributed by atoms with Crippen LogP contribution in [0.25, 0.3) is 0 Å². The van der Waals surface area contributed by atoms with Crippen molar-refractivity contribution in [3.63, 3.8) is 0 Å². The van der Waals surface area contributed by atoms with Gasteiger partial charge in [0.25, 0.3) is 0 Å². The van der Waals surface area contributed by atoms with Gasteiger partial charge >= 0.3 is 0 Å². The quantitative estimate of drug-likeness (QED) is 0.591. The van der Waals surface area contributed by atoms with E-state index < -0.39 is 0 Å². The fraction of sp³-hybridized carbons (Fsp3) is 0.400. The van der Waals surface area contributed by atoms with Crippen molar-refractivity contribution in [2.45, 2.75) is 6.42 Å². The molecule has 2 heterocycles. The van der Waals surface area contributed by atoms with Crippen LogP contribution in [0.4, 0.5) is 5.69 Å². The van der Waals surface area contributed by atoms with Gasteiger partial charge in [0.15, 0.2) is 5.15 Å². The van der Waals surface area contributed by atoms with Crippen molar-refractivity contribution in [2.75, 3.05) is 17.3 Å². The number of anilines is 1. The van der Waals surface area contributed by atoms with Crippen LogP contribution in [0, 0.1) is 5.92 Å². The minimum Gasteiger partial charge on any atom is -0.309 e. The van der Waals surface area contributed by atoms with Crippen LogP contribution in [0.15, 0.2) is 18.3 Å². The number of nitrogens with zero attached hydrogens (tertiary/aromatic N) is 2. The molecule has 1 aromatic heterocycles. The lowest BCUT2D eigenvalue weighted by Crippen LogP contribution is -2.25. The van der Waals surface area contributed by atoms with Crippen LogP contribution in [0.5, 0.6) is 0 Å². The second kappa shape index (κ2) is 4.37. The largest absolute Gasteiger partial charge is 0.309 e. The number of amides is 1. The van der Waals surface area contributed by atoms with Gasteiger partial charge in [-0.15, -0.1) is 11.6 Å². The monoisotopic (exact) mass is 244 g/mol. The van der Waals surface area contributed by atoms with Gasteiger partial charge < -0.3 is 4.90 Å². The summed E-state index contributed by atoms with van der Waals surface area (Å²) in [4.78, 5) is 17.3. The van der Waals surface area contributed by atoms with E-state index in [1.165, 1.54) is 0 Å². The van der Waals surface area contributed by atoms with Crippen LogP contribution in [-0.2, 0) is 4.79 Å². The zero-order chi connectivity index (χ0) is 10.8. The molecule has 0 aromatic carbocycles. The Morgan fingerprint density at radius 3 is 3.00 bits per heavy atom. The van der Waals surface area contributed by atoms with E-state index in [-0.39, 0.29) is 11.8 Å². The van der Waals surface area contributed by atoms with Crippen LogP contribution in [0.1, 0.15) is 6.42 Å². The van der Waals surface area contributed by atoms with Crippen LogP contribution in [-0.4, -0.2) is 23.3 Å². The van der Waals surface area contributed by atoms with Gasteiger partial charge in [-0.1, -0.05) is 11.6 Å². The highest BCUT2D eigenvalue weighted by atomic mass is 35.5. The molecule has 80 valence electrons. The average molecular weight is 245 g/mol. The van der Waals surface area contributed by atoms with E-state index in [9.17, 15) is 4.79 Å². The third kappa shape index (κ3) is 2.08. The molecule has 1 atom stereocenters. The third-order valence-corrected chi connectivity index (χ3v) is 3.18. The molecule has 0 aliphatic carbocycles. The fourth-order valence-electron chi connectivity index (χ4n) is 1.70. The molecule has 0 bridgehead atoms. The maximum Gasteiger partial charge on any atom is 0.227 e. The van der Waals surface area contributed by atoms with E-state index in [4.69, 9.17) is 23.2 Å². The first-order valence-corrected chi connectivity index (χ1v) is 5.60. The number of carbonyl (C=O) groups excluding carboxylic acids is 1. The van der Waals surface area contributed by atoms with E-state index in [1.807, 2.05) is 0 Å². The van der Waals surface area contributed by atoms with Gasteiger partial charge in [-0.3, -0.25) is 4.79 Å². The average Bonchev–Trinajstić information content (AvgIpc) is 2.60. The Morgan fingerprint density at radius 2 is 2.40 bits per heavy atom. The summed E-state index contributed by atoms with van der Waals surface area (Å²) in [6.45, 7) is 0.633. The maximum atomic E-state index is 11.7. The summed E-state index contributed by atoms with van der Waals surface area (Å²) in [5.41, 5.74) is 0.678. The lowest BCUT2D eigenvalue weighted by molar-refractivity contribution is -0.117.